The van der Waals surface area contributed by atoms with Crippen LogP contribution in [0.3, 0.4) is 0 Å². The zero-order chi connectivity index (χ0) is 18.4. The van der Waals surface area contributed by atoms with Gasteiger partial charge in [-0.2, -0.15) is 0 Å². The van der Waals surface area contributed by atoms with E-state index in [9.17, 15) is 9.59 Å². The predicted octanol–water partition coefficient (Wildman–Crippen LogP) is 2.11. The van der Waals surface area contributed by atoms with E-state index in [2.05, 4.69) is 15.3 Å². The number of carbonyl (C=O) groups is 2. The van der Waals surface area contributed by atoms with Crippen LogP contribution in [-0.4, -0.2) is 56.7 Å². The first-order valence-corrected chi connectivity index (χ1v) is 10.2. The van der Waals surface area contributed by atoms with Crippen molar-refractivity contribution in [3.8, 4) is 0 Å². The highest BCUT2D eigenvalue weighted by Crippen LogP contribution is 2.24. The van der Waals surface area contributed by atoms with Gasteiger partial charge in [-0.15, -0.1) is 11.3 Å². The number of thiazole rings is 1. The molecule has 1 fully saturated rings. The van der Waals surface area contributed by atoms with Crippen LogP contribution in [0.25, 0.3) is 0 Å². The first-order valence-electron chi connectivity index (χ1n) is 8.35. The Morgan fingerprint density at radius 2 is 2.35 bits per heavy atom. The fourth-order valence-electron chi connectivity index (χ4n) is 2.84. The van der Waals surface area contributed by atoms with Gasteiger partial charge in [0, 0.05) is 49.4 Å². The molecule has 0 aliphatic carbocycles. The molecule has 2 N–H and O–H groups in total. The Labute approximate surface area is 159 Å². The van der Waals surface area contributed by atoms with Crippen LogP contribution in [0, 0.1) is 0 Å². The fourth-order valence-corrected chi connectivity index (χ4v) is 4.64. The third kappa shape index (κ3) is 5.03. The van der Waals surface area contributed by atoms with E-state index in [1.54, 1.807) is 6.20 Å². The molecule has 1 atom stereocenters. The molecule has 138 valence electrons. The molecule has 1 saturated heterocycles. The summed E-state index contributed by atoms with van der Waals surface area (Å²) in [6.07, 6.45) is 3.22. The Bertz CT molecular complexity index is 753. The van der Waals surface area contributed by atoms with Crippen molar-refractivity contribution in [1.29, 1.82) is 0 Å². The lowest BCUT2D eigenvalue weighted by atomic mass is 10.2. The maximum absolute atomic E-state index is 12.1. The number of carbonyl (C=O) groups excluding carboxylic acids is 1. The summed E-state index contributed by atoms with van der Waals surface area (Å²) in [4.78, 5) is 33.3. The fraction of sp³-hybridized carbons (Fsp3) is 0.412. The molecule has 1 aliphatic heterocycles. The summed E-state index contributed by atoms with van der Waals surface area (Å²) in [5.41, 5.74) is 1.06. The number of hydrogen-bond donors (Lipinski definition) is 2. The standard InChI is InChI=1S/C17H20N4O3S2/c22-15-5-4-13(10-18-9-12-3-1-2-6-19-12)21(15)7-8-25-17-20-14(11-26-17)16(23)24/h1-3,6,11,13,18H,4-5,7-10H2,(H,23,24)/t13-/m1/s1. The molecule has 2 aromatic heterocycles. The van der Waals surface area contributed by atoms with E-state index in [0.717, 1.165) is 23.0 Å². The third-order valence-corrected chi connectivity index (χ3v) is 6.13. The lowest BCUT2D eigenvalue weighted by molar-refractivity contribution is -0.128. The largest absolute Gasteiger partial charge is 0.476 e. The zero-order valence-corrected chi connectivity index (χ0v) is 15.8. The van der Waals surface area contributed by atoms with Crippen LogP contribution in [0.5, 0.6) is 0 Å². The lowest BCUT2D eigenvalue weighted by Gasteiger charge is -2.24. The number of aromatic carboxylic acids is 1. The minimum Gasteiger partial charge on any atom is -0.476 e. The first-order chi connectivity index (χ1) is 12.6. The Hall–Kier alpha value is -1.97. The van der Waals surface area contributed by atoms with Crippen molar-refractivity contribution in [3.63, 3.8) is 0 Å². The predicted molar refractivity (Wildman–Crippen MR) is 100 cm³/mol. The number of likely N-dealkylation sites (tertiary alicyclic amines) is 1. The second-order valence-corrected chi connectivity index (χ2v) is 8.08. The van der Waals surface area contributed by atoms with E-state index < -0.39 is 5.97 Å². The van der Waals surface area contributed by atoms with Gasteiger partial charge in [-0.25, -0.2) is 9.78 Å². The number of nitrogens with one attached hydrogen (secondary N) is 1. The van der Waals surface area contributed by atoms with E-state index >= 15 is 0 Å². The van der Waals surface area contributed by atoms with Crippen LogP contribution in [0.4, 0.5) is 0 Å². The summed E-state index contributed by atoms with van der Waals surface area (Å²) in [6.45, 7) is 2.07. The van der Waals surface area contributed by atoms with Crippen molar-refractivity contribution < 1.29 is 14.7 Å². The Morgan fingerprint density at radius 1 is 1.46 bits per heavy atom. The monoisotopic (exact) mass is 392 g/mol. The molecule has 9 heteroatoms. The van der Waals surface area contributed by atoms with E-state index in [4.69, 9.17) is 5.11 Å². The van der Waals surface area contributed by atoms with Crippen LogP contribution >= 0.6 is 23.1 Å². The molecule has 26 heavy (non-hydrogen) atoms. The van der Waals surface area contributed by atoms with Gasteiger partial charge in [0.2, 0.25) is 5.91 Å². The summed E-state index contributed by atoms with van der Waals surface area (Å²) in [7, 11) is 0. The van der Waals surface area contributed by atoms with E-state index in [0.29, 0.717) is 25.3 Å². The number of nitrogens with zero attached hydrogens (tertiary/aromatic N) is 3. The number of pyridine rings is 1. The summed E-state index contributed by atoms with van der Waals surface area (Å²) in [5.74, 6) is -0.128. The summed E-state index contributed by atoms with van der Waals surface area (Å²) in [5, 5.41) is 13.8. The molecule has 3 rings (SSSR count). The van der Waals surface area contributed by atoms with Crippen LogP contribution < -0.4 is 5.32 Å². The van der Waals surface area contributed by atoms with Crippen LogP contribution in [0.2, 0.25) is 0 Å². The first kappa shape index (κ1) is 18.8. The molecule has 0 aromatic carbocycles. The number of aromatic nitrogens is 2. The van der Waals surface area contributed by atoms with Crippen LogP contribution in [0.1, 0.15) is 29.0 Å². The van der Waals surface area contributed by atoms with E-state index in [1.807, 2.05) is 23.1 Å². The van der Waals surface area contributed by atoms with Gasteiger partial charge in [0.1, 0.15) is 0 Å². The third-order valence-electron chi connectivity index (χ3n) is 4.12. The molecule has 2 aromatic rings. The highest BCUT2D eigenvalue weighted by molar-refractivity contribution is 8.01. The SMILES string of the molecule is O=C(O)c1csc(SCCN2C(=O)CC[C@@H]2CNCc2ccccn2)n1. The maximum Gasteiger partial charge on any atom is 0.355 e. The zero-order valence-electron chi connectivity index (χ0n) is 14.1. The summed E-state index contributed by atoms with van der Waals surface area (Å²) in [6, 6.07) is 6.01. The van der Waals surface area contributed by atoms with Gasteiger partial charge in [0.15, 0.2) is 10.0 Å². The maximum atomic E-state index is 12.1. The van der Waals surface area contributed by atoms with Crippen molar-refractivity contribution >= 4 is 35.0 Å². The van der Waals surface area contributed by atoms with Crippen molar-refractivity contribution in [2.75, 3.05) is 18.8 Å². The van der Waals surface area contributed by atoms with Crippen molar-refractivity contribution in [2.45, 2.75) is 29.8 Å². The van der Waals surface area contributed by atoms with Gasteiger partial charge in [-0.05, 0) is 18.6 Å². The average Bonchev–Trinajstić information content (AvgIpc) is 3.24. The lowest BCUT2D eigenvalue weighted by Crippen LogP contribution is -2.41. The molecule has 0 spiro atoms. The quantitative estimate of drug-likeness (QED) is 0.631. The molecule has 0 radical (unpaired) electrons. The molecule has 0 saturated carbocycles. The highest BCUT2D eigenvalue weighted by atomic mass is 32.2. The number of amides is 1. The van der Waals surface area contributed by atoms with Crippen molar-refractivity contribution in [2.24, 2.45) is 0 Å². The average molecular weight is 393 g/mol. The van der Waals surface area contributed by atoms with Gasteiger partial charge in [0.25, 0.3) is 0 Å². The van der Waals surface area contributed by atoms with E-state index in [-0.39, 0.29) is 17.6 Å². The Kier molecular flexibility index (Phi) is 6.59. The topological polar surface area (TPSA) is 95.4 Å². The van der Waals surface area contributed by atoms with Gasteiger partial charge in [0.05, 0.1) is 5.69 Å². The highest BCUT2D eigenvalue weighted by Gasteiger charge is 2.30. The Balaban J connectivity index is 1.44. The van der Waals surface area contributed by atoms with E-state index in [1.165, 1.54) is 28.5 Å². The van der Waals surface area contributed by atoms with Crippen molar-refractivity contribution in [3.05, 3.63) is 41.2 Å². The van der Waals surface area contributed by atoms with Gasteiger partial charge < -0.3 is 15.3 Å². The number of rotatable bonds is 9. The minimum absolute atomic E-state index is 0.0753. The van der Waals surface area contributed by atoms with Crippen molar-refractivity contribution in [1.82, 2.24) is 20.2 Å². The molecule has 0 unspecified atom stereocenters. The van der Waals surface area contributed by atoms with Gasteiger partial charge in [-0.3, -0.25) is 9.78 Å². The molecule has 7 nitrogen and oxygen atoms in total. The molecule has 1 amide bonds. The molecular formula is C17H20N4O3S2. The Morgan fingerprint density at radius 3 is 3.08 bits per heavy atom. The molecular weight excluding hydrogens is 372 g/mol. The molecule has 3 heterocycles. The minimum atomic E-state index is -1.01. The second kappa shape index (κ2) is 9.11. The summed E-state index contributed by atoms with van der Waals surface area (Å²) >= 11 is 2.81. The molecule has 1 aliphatic rings. The van der Waals surface area contributed by atoms with Crippen LogP contribution in [-0.2, 0) is 11.3 Å². The smallest absolute Gasteiger partial charge is 0.355 e. The molecule has 0 bridgehead atoms. The number of carboxylic acids is 1. The number of hydrogen-bond acceptors (Lipinski definition) is 7. The second-order valence-electron chi connectivity index (χ2n) is 5.88. The number of carboxylic acid groups (broad SMARTS) is 1. The number of thioether (sulfide) groups is 1. The van der Waals surface area contributed by atoms with Crippen LogP contribution in [0.15, 0.2) is 34.1 Å². The van der Waals surface area contributed by atoms with Gasteiger partial charge >= 0.3 is 5.97 Å². The normalized spacial score (nSPS) is 17.0. The summed E-state index contributed by atoms with van der Waals surface area (Å²) < 4.78 is 0.721. The van der Waals surface area contributed by atoms with Gasteiger partial charge in [-0.1, -0.05) is 17.8 Å².